The summed E-state index contributed by atoms with van der Waals surface area (Å²) >= 11 is 0. The first-order valence-electron chi connectivity index (χ1n) is 6.45. The summed E-state index contributed by atoms with van der Waals surface area (Å²) in [6, 6.07) is 0.809. The van der Waals surface area contributed by atoms with Gasteiger partial charge in [-0.3, -0.25) is 9.48 Å². The van der Waals surface area contributed by atoms with Gasteiger partial charge < -0.3 is 15.2 Å². The van der Waals surface area contributed by atoms with Crippen molar-refractivity contribution in [3.05, 3.63) is 18.0 Å². The number of hydrogen-bond donors (Lipinski definition) is 2. The van der Waals surface area contributed by atoms with Crippen molar-refractivity contribution in [2.24, 2.45) is 0 Å². The van der Waals surface area contributed by atoms with Gasteiger partial charge in [0, 0.05) is 19.4 Å². The Hall–Kier alpha value is -1.61. The Labute approximate surface area is 118 Å². The first-order valence-corrected chi connectivity index (χ1v) is 6.45. The molecule has 1 aliphatic rings. The van der Waals surface area contributed by atoms with E-state index in [1.54, 1.807) is 0 Å². The van der Waals surface area contributed by atoms with Gasteiger partial charge in [-0.25, -0.2) is 0 Å². The average Bonchev–Trinajstić information content (AvgIpc) is 2.88. The zero-order valence-electron chi connectivity index (χ0n) is 11.2. The van der Waals surface area contributed by atoms with Gasteiger partial charge in [0.25, 0.3) is 0 Å². The van der Waals surface area contributed by atoms with Gasteiger partial charge in [-0.05, 0) is 18.9 Å². The highest BCUT2D eigenvalue weighted by Crippen LogP contribution is 2.27. The highest BCUT2D eigenvalue weighted by Gasteiger charge is 2.35. The zero-order chi connectivity index (χ0) is 15.5. The Kier molecular flexibility index (Phi) is 4.52. The van der Waals surface area contributed by atoms with Crippen LogP contribution in [0.25, 0.3) is 0 Å². The fourth-order valence-corrected chi connectivity index (χ4v) is 2.17. The van der Waals surface area contributed by atoms with Crippen LogP contribution in [0.1, 0.15) is 18.5 Å². The third kappa shape index (κ3) is 3.94. The van der Waals surface area contributed by atoms with Crippen LogP contribution < -0.4 is 5.32 Å². The maximum Gasteiger partial charge on any atom is 0.435 e. The molecule has 1 aromatic heterocycles. The average molecular weight is 307 g/mol. The maximum absolute atomic E-state index is 12.4. The number of halogens is 3. The van der Waals surface area contributed by atoms with Crippen LogP contribution in [0.2, 0.25) is 0 Å². The molecule has 0 atom stereocenters. The standard InChI is InChI=1S/C12H16F3N3O3/c13-12(14,15)9-1-4-18(17-9)7-10(20)16-11(8-19)2-5-21-6-3-11/h1,4,19H,2-3,5-8H2,(H,16,20). The van der Waals surface area contributed by atoms with Gasteiger partial charge in [0.15, 0.2) is 5.69 Å². The van der Waals surface area contributed by atoms with Gasteiger partial charge in [-0.15, -0.1) is 0 Å². The van der Waals surface area contributed by atoms with Crippen molar-refractivity contribution in [3.63, 3.8) is 0 Å². The van der Waals surface area contributed by atoms with Crippen LogP contribution in [0.15, 0.2) is 12.3 Å². The van der Waals surface area contributed by atoms with Crippen LogP contribution in [-0.4, -0.2) is 46.2 Å². The van der Waals surface area contributed by atoms with E-state index < -0.39 is 23.3 Å². The minimum absolute atomic E-state index is 0.241. The molecule has 0 radical (unpaired) electrons. The van der Waals surface area contributed by atoms with E-state index in [1.807, 2.05) is 0 Å². The summed E-state index contributed by atoms with van der Waals surface area (Å²) in [6.07, 6.45) is -2.52. The molecule has 0 aromatic carbocycles. The molecule has 1 saturated heterocycles. The quantitative estimate of drug-likeness (QED) is 0.852. The van der Waals surface area contributed by atoms with Gasteiger partial charge in [-0.2, -0.15) is 18.3 Å². The lowest BCUT2D eigenvalue weighted by Gasteiger charge is -2.36. The monoisotopic (exact) mass is 307 g/mol. The summed E-state index contributed by atoms with van der Waals surface area (Å²) in [6.45, 7) is 0.259. The number of ether oxygens (including phenoxy) is 1. The molecule has 118 valence electrons. The third-order valence-corrected chi connectivity index (χ3v) is 3.39. The van der Waals surface area contributed by atoms with E-state index in [-0.39, 0.29) is 13.2 Å². The van der Waals surface area contributed by atoms with Gasteiger partial charge in [0.05, 0.1) is 12.1 Å². The van der Waals surface area contributed by atoms with E-state index in [0.717, 1.165) is 16.9 Å². The largest absolute Gasteiger partial charge is 0.435 e. The minimum Gasteiger partial charge on any atom is -0.394 e. The Morgan fingerprint density at radius 3 is 2.67 bits per heavy atom. The van der Waals surface area contributed by atoms with E-state index in [4.69, 9.17) is 4.74 Å². The molecular formula is C12H16F3N3O3. The smallest absolute Gasteiger partial charge is 0.394 e. The lowest BCUT2D eigenvalue weighted by Crippen LogP contribution is -2.55. The van der Waals surface area contributed by atoms with Gasteiger partial charge >= 0.3 is 6.18 Å². The summed E-state index contributed by atoms with van der Waals surface area (Å²) in [5.74, 6) is -0.497. The van der Waals surface area contributed by atoms with Crippen LogP contribution in [0.5, 0.6) is 0 Å². The molecule has 1 fully saturated rings. The molecule has 9 heteroatoms. The zero-order valence-corrected chi connectivity index (χ0v) is 11.2. The van der Waals surface area contributed by atoms with Crippen molar-refractivity contribution < 1.29 is 27.8 Å². The number of aromatic nitrogens is 2. The van der Waals surface area contributed by atoms with Crippen LogP contribution in [0, 0.1) is 0 Å². The number of amides is 1. The predicted octanol–water partition coefficient (Wildman–Crippen LogP) is 0.560. The van der Waals surface area contributed by atoms with E-state index in [1.165, 1.54) is 0 Å². The number of nitrogens with one attached hydrogen (secondary N) is 1. The molecule has 0 bridgehead atoms. The van der Waals surface area contributed by atoms with E-state index in [9.17, 15) is 23.1 Å². The SMILES string of the molecule is O=C(Cn1ccc(C(F)(F)F)n1)NC1(CO)CCOCC1. The maximum atomic E-state index is 12.4. The fourth-order valence-electron chi connectivity index (χ4n) is 2.17. The van der Waals surface area contributed by atoms with Crippen LogP contribution >= 0.6 is 0 Å². The van der Waals surface area contributed by atoms with Crippen molar-refractivity contribution in [3.8, 4) is 0 Å². The molecule has 2 heterocycles. The van der Waals surface area contributed by atoms with Crippen LogP contribution in [0.4, 0.5) is 13.2 Å². The second-order valence-corrected chi connectivity index (χ2v) is 5.00. The third-order valence-electron chi connectivity index (χ3n) is 3.39. The van der Waals surface area contributed by atoms with Gasteiger partial charge in [-0.1, -0.05) is 0 Å². The topological polar surface area (TPSA) is 76.4 Å². The van der Waals surface area contributed by atoms with E-state index in [2.05, 4.69) is 10.4 Å². The Morgan fingerprint density at radius 1 is 1.48 bits per heavy atom. The molecule has 2 N–H and O–H groups in total. The summed E-state index contributed by atoms with van der Waals surface area (Å²) in [5, 5.41) is 15.4. The Morgan fingerprint density at radius 2 is 2.14 bits per heavy atom. The Bertz CT molecular complexity index is 495. The molecule has 21 heavy (non-hydrogen) atoms. The second-order valence-electron chi connectivity index (χ2n) is 5.00. The summed E-state index contributed by atoms with van der Waals surface area (Å²) in [5.41, 5.74) is -1.81. The molecule has 1 aromatic rings. The van der Waals surface area contributed by atoms with Crippen molar-refractivity contribution in [2.45, 2.75) is 31.1 Å². The normalized spacial score (nSPS) is 18.5. The summed E-state index contributed by atoms with van der Waals surface area (Å²) < 4.78 is 43.3. The molecule has 0 spiro atoms. The lowest BCUT2D eigenvalue weighted by atomic mass is 9.91. The highest BCUT2D eigenvalue weighted by molar-refractivity contribution is 5.76. The fraction of sp³-hybridized carbons (Fsp3) is 0.667. The number of carbonyl (C=O) groups excluding carboxylic acids is 1. The number of aliphatic hydroxyl groups is 1. The summed E-state index contributed by atoms with van der Waals surface area (Å²) in [7, 11) is 0. The van der Waals surface area contributed by atoms with Crippen LogP contribution in [0.3, 0.4) is 0 Å². The number of nitrogens with zero attached hydrogens (tertiary/aromatic N) is 2. The van der Waals surface area contributed by atoms with Crippen LogP contribution in [-0.2, 0) is 22.3 Å². The minimum atomic E-state index is -4.53. The summed E-state index contributed by atoms with van der Waals surface area (Å²) in [4.78, 5) is 11.9. The molecule has 2 rings (SSSR count). The molecular weight excluding hydrogens is 291 g/mol. The number of carbonyl (C=O) groups is 1. The van der Waals surface area contributed by atoms with Gasteiger partial charge in [0.1, 0.15) is 6.54 Å². The molecule has 6 nitrogen and oxygen atoms in total. The van der Waals surface area contributed by atoms with Crippen molar-refractivity contribution in [1.82, 2.24) is 15.1 Å². The molecule has 0 aliphatic carbocycles. The van der Waals surface area contributed by atoms with E-state index >= 15 is 0 Å². The first-order chi connectivity index (χ1) is 9.85. The Balaban J connectivity index is 1.96. The molecule has 1 amide bonds. The molecule has 0 unspecified atom stereocenters. The second kappa shape index (κ2) is 6.02. The van der Waals surface area contributed by atoms with Crippen molar-refractivity contribution >= 4 is 5.91 Å². The predicted molar refractivity (Wildman–Crippen MR) is 65.2 cm³/mol. The van der Waals surface area contributed by atoms with E-state index in [0.29, 0.717) is 26.1 Å². The molecule has 1 aliphatic heterocycles. The molecule has 0 saturated carbocycles. The number of rotatable bonds is 4. The van der Waals surface area contributed by atoms with Crippen molar-refractivity contribution in [1.29, 1.82) is 0 Å². The number of aliphatic hydroxyl groups excluding tert-OH is 1. The van der Waals surface area contributed by atoms with Gasteiger partial charge in [0.2, 0.25) is 5.91 Å². The first kappa shape index (κ1) is 15.8. The number of alkyl halides is 3. The lowest BCUT2D eigenvalue weighted by molar-refractivity contribution is -0.141. The number of hydrogen-bond acceptors (Lipinski definition) is 4. The van der Waals surface area contributed by atoms with Crippen molar-refractivity contribution in [2.75, 3.05) is 19.8 Å². The highest BCUT2D eigenvalue weighted by atomic mass is 19.4.